The Labute approximate surface area is 78.3 Å². The van der Waals surface area contributed by atoms with E-state index in [1.807, 2.05) is 0 Å². The Balaban J connectivity index is 0. The Kier molecular flexibility index (Phi) is 6.31. The maximum atomic E-state index is 3.00. The molecule has 0 aliphatic rings. The van der Waals surface area contributed by atoms with Gasteiger partial charge in [-0.05, 0) is 6.92 Å². The zero-order chi connectivity index (χ0) is 10.4. The molecule has 0 bridgehead atoms. The molecule has 0 spiro atoms. The summed E-state index contributed by atoms with van der Waals surface area (Å²) >= 11 is 0. The van der Waals surface area contributed by atoms with E-state index < -0.39 is 0 Å². The maximum Gasteiger partial charge on any atom is 0.206 e. The van der Waals surface area contributed by atoms with Crippen molar-refractivity contribution in [3.8, 4) is 0 Å². The molecule has 0 aromatic heterocycles. The normalized spacial score (nSPS) is 11.8. The predicted molar refractivity (Wildman–Crippen MR) is 56.8 cm³/mol. The van der Waals surface area contributed by atoms with Crippen molar-refractivity contribution in [1.29, 1.82) is 0 Å². The van der Waals surface area contributed by atoms with Gasteiger partial charge >= 0.3 is 0 Å². The van der Waals surface area contributed by atoms with Crippen molar-refractivity contribution in [1.82, 2.24) is 0 Å². The average molecular weight is 174 g/mol. The highest BCUT2D eigenvalue weighted by atomic mass is 15.5. The first-order valence-electron chi connectivity index (χ1n) is 4.39. The second-order valence-corrected chi connectivity index (χ2v) is 4.68. The SMILES string of the molecule is C=C.CC[N+](C)(C)C[N+](C)(C)C. The van der Waals surface area contributed by atoms with Crippen LogP contribution in [0.4, 0.5) is 0 Å². The summed E-state index contributed by atoms with van der Waals surface area (Å²) in [6.45, 7) is 10.6. The first-order valence-corrected chi connectivity index (χ1v) is 4.39. The standard InChI is InChI=1S/C8H22N2.C2H4/c1-7-10(5,6)8-9(2,3)4;1-2/h7-8H2,1-6H3;1-2H2/q+2;. The molecular weight excluding hydrogens is 148 g/mol. The van der Waals surface area contributed by atoms with E-state index in [9.17, 15) is 0 Å². The molecule has 0 radical (unpaired) electrons. The van der Waals surface area contributed by atoms with E-state index in [1.54, 1.807) is 0 Å². The third-order valence-corrected chi connectivity index (χ3v) is 1.66. The molecule has 74 valence electrons. The van der Waals surface area contributed by atoms with E-state index in [-0.39, 0.29) is 0 Å². The van der Waals surface area contributed by atoms with Crippen LogP contribution in [0.5, 0.6) is 0 Å². The predicted octanol–water partition coefficient (Wildman–Crippen LogP) is 1.55. The minimum absolute atomic E-state index is 1.04. The molecule has 12 heavy (non-hydrogen) atoms. The summed E-state index contributed by atoms with van der Waals surface area (Å²) in [5, 5.41) is 0. The van der Waals surface area contributed by atoms with E-state index in [4.69, 9.17) is 0 Å². The molecule has 0 fully saturated rings. The highest BCUT2D eigenvalue weighted by Gasteiger charge is 2.20. The molecule has 0 aromatic rings. The fourth-order valence-corrected chi connectivity index (χ4v) is 1.25. The summed E-state index contributed by atoms with van der Waals surface area (Å²) in [5.41, 5.74) is 0. The van der Waals surface area contributed by atoms with Gasteiger partial charge in [0, 0.05) is 0 Å². The van der Waals surface area contributed by atoms with E-state index in [1.165, 1.54) is 13.2 Å². The molecule has 0 amide bonds. The highest BCUT2D eigenvalue weighted by molar-refractivity contribution is 4.22. The van der Waals surface area contributed by atoms with Crippen LogP contribution >= 0.6 is 0 Å². The summed E-state index contributed by atoms with van der Waals surface area (Å²) in [6, 6.07) is 0. The molecule has 2 heteroatoms. The van der Waals surface area contributed by atoms with Gasteiger partial charge in [0.15, 0.2) is 0 Å². The van der Waals surface area contributed by atoms with Crippen LogP contribution in [-0.4, -0.2) is 57.4 Å². The Morgan fingerprint density at radius 2 is 1.25 bits per heavy atom. The van der Waals surface area contributed by atoms with Crippen LogP contribution < -0.4 is 0 Å². The average Bonchev–Trinajstić information content (AvgIpc) is 1.88. The van der Waals surface area contributed by atoms with Crippen LogP contribution in [-0.2, 0) is 0 Å². The van der Waals surface area contributed by atoms with Crippen molar-refractivity contribution in [3.63, 3.8) is 0 Å². The lowest BCUT2D eigenvalue weighted by Gasteiger charge is -2.35. The molecule has 0 aliphatic carbocycles. The smallest absolute Gasteiger partial charge is 0.206 e. The molecule has 0 aliphatic heterocycles. The number of rotatable bonds is 3. The van der Waals surface area contributed by atoms with Crippen LogP contribution in [0.25, 0.3) is 0 Å². The summed E-state index contributed by atoms with van der Waals surface area (Å²) in [5.74, 6) is 0. The van der Waals surface area contributed by atoms with Gasteiger partial charge in [-0.15, -0.1) is 13.2 Å². The fraction of sp³-hybridized carbons (Fsp3) is 0.800. The Bertz CT molecular complexity index is 111. The van der Waals surface area contributed by atoms with Crippen LogP contribution in [0, 0.1) is 0 Å². The lowest BCUT2D eigenvalue weighted by molar-refractivity contribution is -1.06. The van der Waals surface area contributed by atoms with Gasteiger partial charge in [-0.3, -0.25) is 8.97 Å². The Hall–Kier alpha value is -0.340. The second kappa shape index (κ2) is 5.33. The zero-order valence-electron chi connectivity index (χ0n) is 9.72. The molecule has 0 atom stereocenters. The van der Waals surface area contributed by atoms with E-state index in [0.29, 0.717) is 0 Å². The monoisotopic (exact) mass is 174 g/mol. The number of hydrogen-bond acceptors (Lipinski definition) is 0. The van der Waals surface area contributed by atoms with Gasteiger partial charge < -0.3 is 0 Å². The number of nitrogens with zero attached hydrogens (tertiary/aromatic N) is 2. The van der Waals surface area contributed by atoms with E-state index in [2.05, 4.69) is 55.3 Å². The lowest BCUT2D eigenvalue weighted by atomic mass is 10.5. The zero-order valence-corrected chi connectivity index (χ0v) is 9.72. The summed E-state index contributed by atoms with van der Waals surface area (Å²) in [6.07, 6.45) is 0. The number of quaternary nitrogens is 2. The maximum absolute atomic E-state index is 3.00. The summed E-state index contributed by atoms with van der Waals surface area (Å²) in [7, 11) is 11.2. The topological polar surface area (TPSA) is 0 Å². The van der Waals surface area contributed by atoms with Gasteiger partial charge in [-0.2, -0.15) is 0 Å². The highest BCUT2D eigenvalue weighted by Crippen LogP contribution is 2.01. The van der Waals surface area contributed by atoms with Crippen LogP contribution in [0.1, 0.15) is 6.92 Å². The third kappa shape index (κ3) is 9.66. The molecule has 0 rings (SSSR count). The van der Waals surface area contributed by atoms with E-state index >= 15 is 0 Å². The van der Waals surface area contributed by atoms with E-state index in [0.717, 1.165) is 8.97 Å². The second-order valence-electron chi connectivity index (χ2n) is 4.68. The molecule has 2 nitrogen and oxygen atoms in total. The molecule has 0 aromatic carbocycles. The fourth-order valence-electron chi connectivity index (χ4n) is 1.25. The van der Waals surface area contributed by atoms with Gasteiger partial charge in [0.1, 0.15) is 0 Å². The van der Waals surface area contributed by atoms with Gasteiger partial charge in [-0.25, -0.2) is 0 Å². The van der Waals surface area contributed by atoms with Gasteiger partial charge in [0.05, 0.1) is 41.8 Å². The van der Waals surface area contributed by atoms with Crippen LogP contribution in [0.15, 0.2) is 13.2 Å². The Morgan fingerprint density at radius 3 is 1.33 bits per heavy atom. The summed E-state index contributed by atoms with van der Waals surface area (Å²) in [4.78, 5) is 0. The van der Waals surface area contributed by atoms with Gasteiger partial charge in [0.25, 0.3) is 0 Å². The molecule has 0 saturated carbocycles. The van der Waals surface area contributed by atoms with Gasteiger partial charge in [0.2, 0.25) is 6.67 Å². The van der Waals surface area contributed by atoms with Gasteiger partial charge in [-0.1, -0.05) is 0 Å². The molecule has 0 heterocycles. The van der Waals surface area contributed by atoms with Crippen molar-refractivity contribution in [3.05, 3.63) is 13.2 Å². The minimum Gasteiger partial charge on any atom is -0.284 e. The van der Waals surface area contributed by atoms with Crippen molar-refractivity contribution >= 4 is 0 Å². The molecular formula is C10H26N2+2. The largest absolute Gasteiger partial charge is 0.284 e. The van der Waals surface area contributed by atoms with Crippen molar-refractivity contribution in [2.45, 2.75) is 6.92 Å². The lowest BCUT2D eigenvalue weighted by Crippen LogP contribution is -2.53. The Morgan fingerprint density at radius 1 is 0.917 bits per heavy atom. The minimum atomic E-state index is 1.04. The molecule has 0 saturated heterocycles. The molecule has 0 N–H and O–H groups in total. The van der Waals surface area contributed by atoms with Crippen LogP contribution in [0.3, 0.4) is 0 Å². The van der Waals surface area contributed by atoms with Crippen molar-refractivity contribution < 1.29 is 8.97 Å². The van der Waals surface area contributed by atoms with Crippen molar-refractivity contribution in [2.75, 3.05) is 48.5 Å². The van der Waals surface area contributed by atoms with Crippen molar-refractivity contribution in [2.24, 2.45) is 0 Å². The third-order valence-electron chi connectivity index (χ3n) is 1.66. The molecule has 0 unspecified atom stereocenters. The summed E-state index contributed by atoms with van der Waals surface area (Å²) < 4.78 is 2.14. The first-order chi connectivity index (χ1) is 5.27. The van der Waals surface area contributed by atoms with Crippen LogP contribution in [0.2, 0.25) is 0 Å². The first kappa shape index (κ1) is 14.2. The number of hydrogen-bond donors (Lipinski definition) is 0. The quantitative estimate of drug-likeness (QED) is 0.346.